The third-order valence-corrected chi connectivity index (χ3v) is 2.92. The van der Waals surface area contributed by atoms with Crippen LogP contribution in [0.5, 0.6) is 0 Å². The summed E-state index contributed by atoms with van der Waals surface area (Å²) in [6.07, 6.45) is 3.13. The Balaban J connectivity index is 2.21. The van der Waals surface area contributed by atoms with Crippen molar-refractivity contribution in [3.63, 3.8) is 0 Å². The summed E-state index contributed by atoms with van der Waals surface area (Å²) in [7, 11) is 1.36. The Morgan fingerprint density at radius 3 is 2.58 bits per heavy atom. The highest BCUT2D eigenvalue weighted by Gasteiger charge is 2.15. The fourth-order valence-electron chi connectivity index (χ4n) is 1.95. The average molecular weight is 256 g/mol. The first kappa shape index (κ1) is 13.1. The van der Waals surface area contributed by atoms with Gasteiger partial charge >= 0.3 is 6.09 Å². The quantitative estimate of drug-likeness (QED) is 0.914. The molecule has 1 amide bonds. The summed E-state index contributed by atoms with van der Waals surface area (Å²) in [5.41, 5.74) is 2.19. The fraction of sp³-hybridized carbons (Fsp3) is 0.200. The molecule has 0 aliphatic heterocycles. The number of rotatable bonds is 4. The second-order valence-corrected chi connectivity index (χ2v) is 4.12. The maximum atomic E-state index is 11.2. The van der Waals surface area contributed by atoms with Gasteiger partial charge in [-0.3, -0.25) is 4.98 Å². The monoisotopic (exact) mass is 256 g/mol. The molecule has 1 unspecified atom stereocenters. The van der Waals surface area contributed by atoms with Crippen molar-refractivity contribution >= 4 is 6.09 Å². The van der Waals surface area contributed by atoms with Crippen LogP contribution in [0.1, 0.15) is 17.0 Å². The van der Waals surface area contributed by atoms with Crippen LogP contribution in [-0.4, -0.2) is 24.7 Å². The number of benzene rings is 1. The number of pyridine rings is 1. The SMILES string of the molecule is COC(=O)NCC(c1ccccc1)c1cccnc1. The molecule has 4 nitrogen and oxygen atoms in total. The van der Waals surface area contributed by atoms with Crippen molar-refractivity contribution in [3.05, 3.63) is 66.0 Å². The summed E-state index contributed by atoms with van der Waals surface area (Å²) in [6.45, 7) is 0.475. The minimum Gasteiger partial charge on any atom is -0.453 e. The zero-order valence-corrected chi connectivity index (χ0v) is 10.7. The van der Waals surface area contributed by atoms with E-state index in [1.807, 2.05) is 48.7 Å². The number of alkyl carbamates (subject to hydrolysis) is 1. The number of methoxy groups -OCH3 is 1. The van der Waals surface area contributed by atoms with Gasteiger partial charge in [-0.1, -0.05) is 36.4 Å². The lowest BCUT2D eigenvalue weighted by Crippen LogP contribution is -2.28. The highest BCUT2D eigenvalue weighted by molar-refractivity contribution is 5.67. The summed E-state index contributed by atoms with van der Waals surface area (Å²) in [6, 6.07) is 13.9. The van der Waals surface area contributed by atoms with Gasteiger partial charge in [0.2, 0.25) is 0 Å². The van der Waals surface area contributed by atoms with Crippen molar-refractivity contribution in [2.24, 2.45) is 0 Å². The smallest absolute Gasteiger partial charge is 0.406 e. The van der Waals surface area contributed by atoms with E-state index in [0.29, 0.717) is 6.54 Å². The number of amides is 1. The summed E-state index contributed by atoms with van der Waals surface area (Å²) < 4.78 is 4.61. The Morgan fingerprint density at radius 2 is 1.95 bits per heavy atom. The third kappa shape index (κ3) is 3.55. The van der Waals surface area contributed by atoms with E-state index in [1.165, 1.54) is 7.11 Å². The van der Waals surface area contributed by atoms with E-state index >= 15 is 0 Å². The number of nitrogens with zero attached hydrogens (tertiary/aromatic N) is 1. The fourth-order valence-corrected chi connectivity index (χ4v) is 1.95. The van der Waals surface area contributed by atoms with Crippen molar-refractivity contribution < 1.29 is 9.53 Å². The molecule has 0 aliphatic rings. The van der Waals surface area contributed by atoms with Crippen molar-refractivity contribution in [1.29, 1.82) is 0 Å². The van der Waals surface area contributed by atoms with Crippen LogP contribution in [-0.2, 0) is 4.74 Å². The van der Waals surface area contributed by atoms with E-state index in [0.717, 1.165) is 11.1 Å². The summed E-state index contributed by atoms with van der Waals surface area (Å²) in [5.74, 6) is 0.0639. The molecule has 2 aromatic rings. The number of ether oxygens (including phenoxy) is 1. The molecule has 1 N–H and O–H groups in total. The molecule has 1 heterocycles. The number of nitrogens with one attached hydrogen (secondary N) is 1. The summed E-state index contributed by atoms with van der Waals surface area (Å²) in [4.78, 5) is 15.4. The number of carbonyl (C=O) groups excluding carboxylic acids is 1. The molecule has 1 atom stereocenters. The third-order valence-electron chi connectivity index (χ3n) is 2.92. The first-order valence-electron chi connectivity index (χ1n) is 6.08. The summed E-state index contributed by atoms with van der Waals surface area (Å²) in [5, 5.41) is 2.74. The van der Waals surface area contributed by atoms with E-state index < -0.39 is 6.09 Å². The minimum atomic E-state index is -0.426. The number of hydrogen-bond donors (Lipinski definition) is 1. The molecule has 0 saturated carbocycles. The van der Waals surface area contributed by atoms with Gasteiger partial charge < -0.3 is 10.1 Å². The van der Waals surface area contributed by atoms with Crippen LogP contribution in [0.25, 0.3) is 0 Å². The van der Waals surface area contributed by atoms with Gasteiger partial charge in [-0.15, -0.1) is 0 Å². The normalized spacial score (nSPS) is 11.6. The van der Waals surface area contributed by atoms with Gasteiger partial charge in [0.15, 0.2) is 0 Å². The zero-order chi connectivity index (χ0) is 13.5. The average Bonchev–Trinajstić information content (AvgIpc) is 2.49. The molecule has 0 radical (unpaired) electrons. The maximum Gasteiger partial charge on any atom is 0.406 e. The summed E-state index contributed by atoms with van der Waals surface area (Å²) >= 11 is 0. The van der Waals surface area contributed by atoms with Crippen LogP contribution >= 0.6 is 0 Å². The molecule has 2 rings (SSSR count). The van der Waals surface area contributed by atoms with E-state index in [2.05, 4.69) is 15.0 Å². The predicted molar refractivity (Wildman–Crippen MR) is 72.9 cm³/mol. The molecule has 0 spiro atoms. The maximum absolute atomic E-state index is 11.2. The van der Waals surface area contributed by atoms with E-state index in [-0.39, 0.29) is 5.92 Å². The standard InChI is InChI=1S/C15H16N2O2/c1-19-15(18)17-11-14(12-6-3-2-4-7-12)13-8-5-9-16-10-13/h2-10,14H,11H2,1H3,(H,17,18). The minimum absolute atomic E-state index is 0.0639. The van der Waals surface area contributed by atoms with Gasteiger partial charge in [0.05, 0.1) is 7.11 Å². The lowest BCUT2D eigenvalue weighted by Gasteiger charge is -2.17. The predicted octanol–water partition coefficient (Wildman–Crippen LogP) is 2.57. The molecule has 98 valence electrons. The lowest BCUT2D eigenvalue weighted by atomic mass is 9.92. The van der Waals surface area contributed by atoms with Crippen molar-refractivity contribution in [2.75, 3.05) is 13.7 Å². The lowest BCUT2D eigenvalue weighted by molar-refractivity contribution is 0.170. The Hall–Kier alpha value is -2.36. The topological polar surface area (TPSA) is 51.2 Å². The molecule has 1 aromatic carbocycles. The highest BCUT2D eigenvalue weighted by atomic mass is 16.5. The molecule has 0 saturated heterocycles. The van der Waals surface area contributed by atoms with Crippen molar-refractivity contribution in [1.82, 2.24) is 10.3 Å². The molecule has 0 bridgehead atoms. The Labute approximate surface area is 112 Å². The van der Waals surface area contributed by atoms with Gasteiger partial charge in [-0.2, -0.15) is 0 Å². The van der Waals surface area contributed by atoms with Gasteiger partial charge in [0.25, 0.3) is 0 Å². The van der Waals surface area contributed by atoms with Crippen LogP contribution in [0.2, 0.25) is 0 Å². The molecular formula is C15H16N2O2. The van der Waals surface area contributed by atoms with Crippen LogP contribution in [0, 0.1) is 0 Å². The molecule has 1 aromatic heterocycles. The highest BCUT2D eigenvalue weighted by Crippen LogP contribution is 2.22. The van der Waals surface area contributed by atoms with Crippen LogP contribution in [0.15, 0.2) is 54.9 Å². The van der Waals surface area contributed by atoms with E-state index in [9.17, 15) is 4.79 Å². The Morgan fingerprint density at radius 1 is 1.21 bits per heavy atom. The van der Waals surface area contributed by atoms with Crippen molar-refractivity contribution in [2.45, 2.75) is 5.92 Å². The largest absolute Gasteiger partial charge is 0.453 e. The van der Waals surface area contributed by atoms with Crippen LogP contribution in [0.3, 0.4) is 0 Å². The van der Waals surface area contributed by atoms with Crippen LogP contribution < -0.4 is 5.32 Å². The number of hydrogen-bond acceptors (Lipinski definition) is 3. The zero-order valence-electron chi connectivity index (χ0n) is 10.7. The molecule has 4 heteroatoms. The van der Waals surface area contributed by atoms with Gasteiger partial charge in [-0.25, -0.2) is 4.79 Å². The molecule has 19 heavy (non-hydrogen) atoms. The first-order chi connectivity index (χ1) is 9.31. The van der Waals surface area contributed by atoms with E-state index in [1.54, 1.807) is 6.20 Å². The second-order valence-electron chi connectivity index (χ2n) is 4.12. The number of aromatic nitrogens is 1. The molecular weight excluding hydrogens is 240 g/mol. The van der Waals surface area contributed by atoms with E-state index in [4.69, 9.17) is 0 Å². The van der Waals surface area contributed by atoms with Gasteiger partial charge in [0, 0.05) is 24.9 Å². The molecule has 0 fully saturated rings. The van der Waals surface area contributed by atoms with Crippen LogP contribution in [0.4, 0.5) is 4.79 Å². The number of carbonyl (C=O) groups is 1. The van der Waals surface area contributed by atoms with Gasteiger partial charge in [0.1, 0.15) is 0 Å². The second kappa shape index (κ2) is 6.54. The Kier molecular flexibility index (Phi) is 4.50. The van der Waals surface area contributed by atoms with Gasteiger partial charge in [-0.05, 0) is 17.2 Å². The molecule has 0 aliphatic carbocycles. The van der Waals surface area contributed by atoms with Crippen molar-refractivity contribution in [3.8, 4) is 0 Å². The first-order valence-corrected chi connectivity index (χ1v) is 6.08. The Bertz CT molecular complexity index is 475.